The summed E-state index contributed by atoms with van der Waals surface area (Å²) in [6.45, 7) is 0.925. The number of nitrogens with one attached hydrogen (secondary N) is 1. The van der Waals surface area contributed by atoms with Crippen molar-refractivity contribution in [2.24, 2.45) is 12.8 Å². The van der Waals surface area contributed by atoms with Crippen molar-refractivity contribution in [1.29, 1.82) is 0 Å². The number of nitro groups is 1. The molecule has 0 spiro atoms. The molecule has 7 nitrogen and oxygen atoms in total. The summed E-state index contributed by atoms with van der Waals surface area (Å²) < 4.78 is 1.80. The zero-order valence-corrected chi connectivity index (χ0v) is 13.8. The van der Waals surface area contributed by atoms with Crippen LogP contribution in [0.15, 0.2) is 41.2 Å². The Bertz CT molecular complexity index is 984. The minimum Gasteiger partial charge on any atom is -0.382 e. The maximum Gasteiger partial charge on any atom is 0.282 e. The number of hydrogen-bond donors (Lipinski definition) is 2. The molecule has 0 fully saturated rings. The van der Waals surface area contributed by atoms with Crippen LogP contribution in [0.1, 0.15) is 0 Å². The molecule has 3 N–H and O–H groups in total. The van der Waals surface area contributed by atoms with Gasteiger partial charge in [-0.2, -0.15) is 0 Å². The maximum absolute atomic E-state index is 12.8. The molecular formula is C16H17ClN4O3. The fourth-order valence-electron chi connectivity index (χ4n) is 2.87. The fourth-order valence-corrected chi connectivity index (χ4v) is 2.87. The molecule has 2 aromatic carbocycles. The Balaban J connectivity index is 0.00000208. The quantitative estimate of drug-likeness (QED) is 0.428. The van der Waals surface area contributed by atoms with E-state index in [2.05, 4.69) is 5.32 Å². The van der Waals surface area contributed by atoms with Crippen LogP contribution in [0.25, 0.3) is 21.8 Å². The molecule has 0 bridgehead atoms. The first kappa shape index (κ1) is 17.7. The van der Waals surface area contributed by atoms with Gasteiger partial charge in [0.2, 0.25) is 5.43 Å². The van der Waals surface area contributed by atoms with E-state index in [1.54, 1.807) is 29.8 Å². The van der Waals surface area contributed by atoms with Gasteiger partial charge < -0.3 is 15.6 Å². The Labute approximate surface area is 143 Å². The summed E-state index contributed by atoms with van der Waals surface area (Å²) in [7, 11) is 1.79. The van der Waals surface area contributed by atoms with Crippen molar-refractivity contribution < 1.29 is 4.92 Å². The van der Waals surface area contributed by atoms with Crippen molar-refractivity contribution in [3.8, 4) is 0 Å². The highest BCUT2D eigenvalue weighted by Crippen LogP contribution is 2.31. The van der Waals surface area contributed by atoms with Gasteiger partial charge in [0.25, 0.3) is 5.69 Å². The number of nitrogens with zero attached hydrogens (tertiary/aromatic N) is 2. The van der Waals surface area contributed by atoms with E-state index in [9.17, 15) is 14.9 Å². The lowest BCUT2D eigenvalue weighted by atomic mass is 10.1. The summed E-state index contributed by atoms with van der Waals surface area (Å²) in [4.78, 5) is 23.7. The van der Waals surface area contributed by atoms with Crippen LogP contribution in [0.4, 0.5) is 11.4 Å². The first-order valence-corrected chi connectivity index (χ1v) is 7.19. The van der Waals surface area contributed by atoms with Crippen LogP contribution in [0.3, 0.4) is 0 Å². The average molecular weight is 349 g/mol. The van der Waals surface area contributed by atoms with E-state index in [0.29, 0.717) is 29.7 Å². The van der Waals surface area contributed by atoms with Crippen LogP contribution >= 0.6 is 12.4 Å². The van der Waals surface area contributed by atoms with Gasteiger partial charge in [0.05, 0.1) is 21.6 Å². The number of nitrogens with two attached hydrogens (primary N) is 1. The summed E-state index contributed by atoms with van der Waals surface area (Å²) in [5.74, 6) is 0. The highest BCUT2D eigenvalue weighted by molar-refractivity contribution is 6.03. The summed E-state index contributed by atoms with van der Waals surface area (Å²) in [6.07, 6.45) is 0. The van der Waals surface area contributed by atoms with E-state index < -0.39 is 4.92 Å². The second-order valence-electron chi connectivity index (χ2n) is 5.23. The van der Waals surface area contributed by atoms with Crippen LogP contribution < -0.4 is 16.5 Å². The SMILES string of the molecule is Cl.Cn1c2ccccc2c(=O)c2c([N+](=O)[O-])ccc(NCCN)c21. The third-order valence-electron chi connectivity index (χ3n) is 3.88. The number of non-ortho nitro benzene ring substituents is 1. The van der Waals surface area contributed by atoms with Crippen molar-refractivity contribution >= 4 is 45.6 Å². The normalized spacial score (nSPS) is 10.6. The van der Waals surface area contributed by atoms with Crippen molar-refractivity contribution in [2.75, 3.05) is 18.4 Å². The third-order valence-corrected chi connectivity index (χ3v) is 3.88. The molecular weight excluding hydrogens is 332 g/mol. The summed E-state index contributed by atoms with van der Waals surface area (Å²) in [5, 5.41) is 15.1. The predicted molar refractivity (Wildman–Crippen MR) is 98.1 cm³/mol. The molecule has 1 heterocycles. The van der Waals surface area contributed by atoms with E-state index >= 15 is 0 Å². The number of aromatic nitrogens is 1. The van der Waals surface area contributed by atoms with Gasteiger partial charge in [-0.3, -0.25) is 14.9 Å². The summed E-state index contributed by atoms with van der Waals surface area (Å²) in [5.41, 5.74) is 6.88. The average Bonchev–Trinajstić information content (AvgIpc) is 2.56. The molecule has 0 aliphatic carbocycles. The highest BCUT2D eigenvalue weighted by Gasteiger charge is 2.21. The lowest BCUT2D eigenvalue weighted by Gasteiger charge is -2.15. The van der Waals surface area contributed by atoms with Crippen LogP contribution in [-0.2, 0) is 7.05 Å². The standard InChI is InChI=1S/C16H16N4O3.ClH/c1-19-12-5-3-2-4-10(12)16(21)14-13(20(22)23)7-6-11(15(14)19)18-9-8-17;/h2-7,18H,8-9,17H2,1H3;1H. The Morgan fingerprint density at radius 2 is 1.96 bits per heavy atom. The van der Waals surface area contributed by atoms with Crippen molar-refractivity contribution in [1.82, 2.24) is 4.57 Å². The van der Waals surface area contributed by atoms with Gasteiger partial charge in [0, 0.05) is 31.6 Å². The minimum absolute atomic E-state index is 0. The molecule has 0 aliphatic rings. The number of pyridine rings is 1. The minimum atomic E-state index is -0.523. The zero-order valence-electron chi connectivity index (χ0n) is 13.0. The number of rotatable bonds is 4. The molecule has 0 atom stereocenters. The van der Waals surface area contributed by atoms with E-state index in [0.717, 1.165) is 5.52 Å². The summed E-state index contributed by atoms with van der Waals surface area (Å²) in [6, 6.07) is 10.1. The van der Waals surface area contributed by atoms with Gasteiger partial charge in [-0.05, 0) is 18.2 Å². The monoisotopic (exact) mass is 348 g/mol. The molecule has 1 aromatic heterocycles. The van der Waals surface area contributed by atoms with Crippen molar-refractivity contribution in [3.05, 3.63) is 56.7 Å². The smallest absolute Gasteiger partial charge is 0.282 e. The first-order valence-electron chi connectivity index (χ1n) is 7.19. The number of hydrogen-bond acceptors (Lipinski definition) is 5. The molecule has 24 heavy (non-hydrogen) atoms. The van der Waals surface area contributed by atoms with E-state index in [1.165, 1.54) is 6.07 Å². The molecule has 0 aliphatic heterocycles. The number of aryl methyl sites for hydroxylation is 1. The van der Waals surface area contributed by atoms with Gasteiger partial charge in [-0.15, -0.1) is 12.4 Å². The first-order chi connectivity index (χ1) is 11.1. The Morgan fingerprint density at radius 3 is 2.62 bits per heavy atom. The highest BCUT2D eigenvalue weighted by atomic mass is 35.5. The van der Waals surface area contributed by atoms with Crippen LogP contribution in [0, 0.1) is 10.1 Å². The molecule has 126 valence electrons. The molecule has 0 saturated heterocycles. The number of halogens is 1. The van der Waals surface area contributed by atoms with Crippen molar-refractivity contribution in [3.63, 3.8) is 0 Å². The van der Waals surface area contributed by atoms with Gasteiger partial charge in [0.15, 0.2) is 0 Å². The Hall–Kier alpha value is -2.64. The van der Waals surface area contributed by atoms with E-state index in [-0.39, 0.29) is 28.9 Å². The Morgan fingerprint density at radius 1 is 1.25 bits per heavy atom. The van der Waals surface area contributed by atoms with Gasteiger partial charge in [-0.1, -0.05) is 12.1 Å². The van der Waals surface area contributed by atoms with E-state index in [1.807, 2.05) is 12.1 Å². The largest absolute Gasteiger partial charge is 0.382 e. The lowest BCUT2D eigenvalue weighted by Crippen LogP contribution is -2.16. The summed E-state index contributed by atoms with van der Waals surface area (Å²) >= 11 is 0. The van der Waals surface area contributed by atoms with Gasteiger partial charge >= 0.3 is 0 Å². The van der Waals surface area contributed by atoms with Gasteiger partial charge in [-0.25, -0.2) is 0 Å². The second kappa shape index (κ2) is 6.86. The molecule has 3 rings (SSSR count). The van der Waals surface area contributed by atoms with Crippen molar-refractivity contribution in [2.45, 2.75) is 0 Å². The Kier molecular flexibility index (Phi) is 5.06. The number of para-hydroxylation sites is 1. The van der Waals surface area contributed by atoms with Gasteiger partial charge in [0.1, 0.15) is 5.39 Å². The topological polar surface area (TPSA) is 103 Å². The third kappa shape index (κ3) is 2.68. The van der Waals surface area contributed by atoms with Crippen LogP contribution in [-0.4, -0.2) is 22.6 Å². The van der Waals surface area contributed by atoms with E-state index in [4.69, 9.17) is 5.73 Å². The zero-order chi connectivity index (χ0) is 16.6. The number of anilines is 1. The molecule has 8 heteroatoms. The molecule has 0 unspecified atom stereocenters. The molecule has 0 saturated carbocycles. The lowest BCUT2D eigenvalue weighted by molar-refractivity contribution is -0.383. The van der Waals surface area contributed by atoms with Crippen LogP contribution in [0.5, 0.6) is 0 Å². The molecule has 0 radical (unpaired) electrons. The maximum atomic E-state index is 12.8. The molecule has 0 amide bonds. The number of benzene rings is 2. The number of fused-ring (bicyclic) bond motifs is 2. The second-order valence-corrected chi connectivity index (χ2v) is 5.23. The van der Waals surface area contributed by atoms with Crippen LogP contribution in [0.2, 0.25) is 0 Å². The fraction of sp³-hybridized carbons (Fsp3) is 0.188. The molecule has 3 aromatic rings. The number of nitro benzene ring substituents is 1. The predicted octanol–water partition coefficient (Wildman–Crippen LogP) is 2.39.